The Morgan fingerprint density at radius 1 is 1.36 bits per heavy atom. The molecule has 0 spiro atoms. The Bertz CT molecular complexity index is 395. The number of hydrogen-bond donors (Lipinski definition) is 0. The van der Waals surface area contributed by atoms with Gasteiger partial charge in [-0.2, -0.15) is 0 Å². The summed E-state index contributed by atoms with van der Waals surface area (Å²) >= 11 is 0. The molecular weight excluding hydrogens is 141 g/mol. The Kier molecular flexibility index (Phi) is 1.28. The molecule has 1 aromatic carbocycles. The molecule has 0 amide bonds. The Balaban J connectivity index is 2.78. The average molecular weight is 148 g/mol. The van der Waals surface area contributed by atoms with Crippen LogP contribution in [0.4, 0.5) is 4.39 Å². The zero-order chi connectivity index (χ0) is 7.84. The molecule has 0 saturated carbocycles. The van der Waals surface area contributed by atoms with Crippen LogP contribution < -0.4 is 10.6 Å². The van der Waals surface area contributed by atoms with E-state index in [1.165, 1.54) is 12.1 Å². The van der Waals surface area contributed by atoms with Gasteiger partial charge in [0.15, 0.2) is 0 Å². The molecule has 0 N–H and O–H groups in total. The molecule has 0 aromatic heterocycles. The van der Waals surface area contributed by atoms with Crippen LogP contribution in [0, 0.1) is 11.9 Å². The summed E-state index contributed by atoms with van der Waals surface area (Å²) in [6.45, 7) is 1.90. The van der Waals surface area contributed by atoms with Crippen molar-refractivity contribution in [1.29, 1.82) is 0 Å². The van der Waals surface area contributed by atoms with Crippen LogP contribution in [0.3, 0.4) is 0 Å². The van der Waals surface area contributed by atoms with Crippen LogP contribution >= 0.6 is 0 Å². The quantitative estimate of drug-likeness (QED) is 0.516. The van der Waals surface area contributed by atoms with Gasteiger partial charge in [-0.3, -0.25) is 4.99 Å². The molecule has 1 aliphatic heterocycles. The fourth-order valence-corrected chi connectivity index (χ4v) is 1.19. The summed E-state index contributed by atoms with van der Waals surface area (Å²) in [7, 11) is 0. The first-order valence-electron chi connectivity index (χ1n) is 3.45. The first kappa shape index (κ1) is 6.53. The predicted octanol–water partition coefficient (Wildman–Crippen LogP) is 0.791. The molecule has 11 heavy (non-hydrogen) atoms. The molecule has 2 rings (SSSR count). The van der Waals surface area contributed by atoms with E-state index in [2.05, 4.69) is 4.99 Å². The summed E-state index contributed by atoms with van der Waals surface area (Å²) < 4.78 is 12.6. The molecule has 1 nitrogen and oxygen atoms in total. The summed E-state index contributed by atoms with van der Waals surface area (Å²) in [4.78, 5) is 4.19. The van der Waals surface area contributed by atoms with E-state index in [0.29, 0.717) is 0 Å². The molecule has 1 aliphatic rings. The minimum absolute atomic E-state index is 0.204. The van der Waals surface area contributed by atoms with E-state index in [-0.39, 0.29) is 5.82 Å². The second kappa shape index (κ2) is 2.16. The largest absolute Gasteiger partial charge is 0.271 e. The highest BCUT2D eigenvalue weighted by atomic mass is 19.1. The summed E-state index contributed by atoms with van der Waals surface area (Å²) in [6.07, 6.45) is 1.87. The lowest BCUT2D eigenvalue weighted by Gasteiger charge is -1.84. The lowest BCUT2D eigenvalue weighted by molar-refractivity contribution is 0.626. The van der Waals surface area contributed by atoms with Gasteiger partial charge in [0.1, 0.15) is 11.9 Å². The first-order valence-corrected chi connectivity index (χ1v) is 3.45. The van der Waals surface area contributed by atoms with E-state index in [9.17, 15) is 4.39 Å². The van der Waals surface area contributed by atoms with Gasteiger partial charge in [0, 0.05) is 5.22 Å². The van der Waals surface area contributed by atoms with Crippen LogP contribution in [0.1, 0.15) is 6.92 Å². The molecule has 0 saturated heterocycles. The van der Waals surface area contributed by atoms with Crippen LogP contribution in [-0.2, 0) is 0 Å². The van der Waals surface area contributed by atoms with Gasteiger partial charge in [-0.05, 0) is 31.2 Å². The van der Waals surface area contributed by atoms with Crippen LogP contribution in [0.5, 0.6) is 0 Å². The van der Waals surface area contributed by atoms with Gasteiger partial charge < -0.3 is 0 Å². The van der Waals surface area contributed by atoms with Crippen molar-refractivity contribution < 1.29 is 4.39 Å². The number of benzene rings is 1. The smallest absolute Gasteiger partial charge is 0.123 e. The maximum absolute atomic E-state index is 12.6. The molecule has 0 aliphatic carbocycles. The highest BCUT2D eigenvalue weighted by Gasteiger charge is 2.02. The van der Waals surface area contributed by atoms with Crippen molar-refractivity contribution in [3.8, 4) is 0 Å². The maximum Gasteiger partial charge on any atom is 0.123 e. The zero-order valence-electron chi connectivity index (χ0n) is 6.13. The zero-order valence-corrected chi connectivity index (χ0v) is 6.13. The van der Waals surface area contributed by atoms with Crippen molar-refractivity contribution in [2.75, 3.05) is 0 Å². The molecule has 0 atom stereocenters. The minimum atomic E-state index is -0.204. The van der Waals surface area contributed by atoms with Crippen LogP contribution in [0.25, 0.3) is 6.08 Å². The average Bonchev–Trinajstić information content (AvgIpc) is 2.27. The molecule has 1 radical (unpaired) electrons. The summed E-state index contributed by atoms with van der Waals surface area (Å²) in [5.41, 5.74) is 0. The number of nitrogens with zero attached hydrogens (tertiary/aromatic N) is 1. The molecular formula is C9H7FN. The van der Waals surface area contributed by atoms with Gasteiger partial charge in [-0.1, -0.05) is 0 Å². The normalized spacial score (nSPS) is 15.5. The van der Waals surface area contributed by atoms with E-state index in [1.807, 2.05) is 13.0 Å². The van der Waals surface area contributed by atoms with Crippen molar-refractivity contribution in [2.45, 2.75) is 6.92 Å². The fraction of sp³-hybridized carbons (Fsp3) is 0.111. The summed E-state index contributed by atoms with van der Waals surface area (Å²) in [5, 5.41) is 1.74. The highest BCUT2D eigenvalue weighted by molar-refractivity contribution is 5.42. The number of rotatable bonds is 0. The van der Waals surface area contributed by atoms with Crippen LogP contribution in [-0.4, -0.2) is 0 Å². The van der Waals surface area contributed by atoms with Gasteiger partial charge in [0.05, 0.1) is 5.36 Å². The van der Waals surface area contributed by atoms with Crippen molar-refractivity contribution in [3.05, 3.63) is 40.6 Å². The Labute approximate surface area is 63.9 Å². The Morgan fingerprint density at radius 2 is 2.18 bits per heavy atom. The molecule has 0 bridgehead atoms. The maximum atomic E-state index is 12.6. The van der Waals surface area contributed by atoms with Gasteiger partial charge >= 0.3 is 0 Å². The van der Waals surface area contributed by atoms with Gasteiger partial charge in [0.2, 0.25) is 0 Å². The van der Waals surface area contributed by atoms with Crippen LogP contribution in [0.2, 0.25) is 0 Å². The summed E-state index contributed by atoms with van der Waals surface area (Å²) in [5.74, 6) is -0.204. The van der Waals surface area contributed by atoms with E-state index in [4.69, 9.17) is 0 Å². The first-order chi connectivity index (χ1) is 5.25. The van der Waals surface area contributed by atoms with Crippen molar-refractivity contribution in [1.82, 2.24) is 0 Å². The molecule has 55 valence electrons. The van der Waals surface area contributed by atoms with E-state index in [1.54, 1.807) is 6.07 Å². The second-order valence-electron chi connectivity index (χ2n) is 2.60. The lowest BCUT2D eigenvalue weighted by atomic mass is 10.2. The van der Waals surface area contributed by atoms with Gasteiger partial charge in [-0.25, -0.2) is 4.39 Å². The number of halogens is 1. The van der Waals surface area contributed by atoms with Gasteiger partial charge in [-0.15, -0.1) is 0 Å². The Morgan fingerprint density at radius 3 is 3.00 bits per heavy atom. The Hall–Kier alpha value is -1.18. The standard InChI is InChI=1S/C9H7FN/c1-6-4-7-5-8(10)2-3-9(7)11-6/h2-5H,1H3. The third-order valence-electron chi connectivity index (χ3n) is 1.65. The van der Waals surface area contributed by atoms with Crippen molar-refractivity contribution in [3.63, 3.8) is 0 Å². The SMILES string of the molecule is C[C]1C=c2cc(F)ccc2=N1. The van der Waals surface area contributed by atoms with E-state index in [0.717, 1.165) is 16.6 Å². The predicted molar refractivity (Wildman–Crippen MR) is 40.6 cm³/mol. The third kappa shape index (κ3) is 1.04. The molecule has 1 heterocycles. The monoisotopic (exact) mass is 148 g/mol. The second-order valence-corrected chi connectivity index (χ2v) is 2.60. The number of hydrogen-bond acceptors (Lipinski definition) is 1. The topological polar surface area (TPSA) is 12.4 Å². The summed E-state index contributed by atoms with van der Waals surface area (Å²) in [6, 6.07) is 5.55. The molecule has 1 aromatic rings. The fourth-order valence-electron chi connectivity index (χ4n) is 1.19. The van der Waals surface area contributed by atoms with E-state index < -0.39 is 0 Å². The van der Waals surface area contributed by atoms with Crippen molar-refractivity contribution in [2.24, 2.45) is 4.99 Å². The number of fused-ring (bicyclic) bond motifs is 1. The third-order valence-corrected chi connectivity index (χ3v) is 1.65. The van der Waals surface area contributed by atoms with Crippen molar-refractivity contribution >= 4 is 6.08 Å². The highest BCUT2D eigenvalue weighted by Crippen LogP contribution is 2.02. The van der Waals surface area contributed by atoms with Gasteiger partial charge in [0.25, 0.3) is 0 Å². The minimum Gasteiger partial charge on any atom is -0.271 e. The molecule has 2 heteroatoms. The molecule has 0 fully saturated rings. The van der Waals surface area contributed by atoms with E-state index >= 15 is 0 Å². The molecule has 0 unspecified atom stereocenters. The lowest BCUT2D eigenvalue weighted by Crippen LogP contribution is -2.20. The van der Waals surface area contributed by atoms with Crippen LogP contribution in [0.15, 0.2) is 23.2 Å².